The van der Waals surface area contributed by atoms with Crippen LogP contribution < -0.4 is 5.32 Å². The van der Waals surface area contributed by atoms with Gasteiger partial charge in [-0.25, -0.2) is 8.78 Å². The maximum atomic E-state index is 14.7. The highest BCUT2D eigenvalue weighted by molar-refractivity contribution is 5.84. The summed E-state index contributed by atoms with van der Waals surface area (Å²) in [7, 11) is 0. The number of aliphatic imine (C=N–C) groups is 1. The first-order chi connectivity index (χ1) is 15.1. The van der Waals surface area contributed by atoms with Crippen LogP contribution >= 0.6 is 0 Å². The molecule has 0 amide bonds. The number of benzene rings is 1. The highest BCUT2D eigenvalue weighted by Crippen LogP contribution is 2.31. The first-order valence-electron chi connectivity index (χ1n) is 10.5. The molecule has 0 saturated heterocycles. The van der Waals surface area contributed by atoms with E-state index in [1.54, 1.807) is 19.2 Å². The van der Waals surface area contributed by atoms with E-state index in [0.29, 0.717) is 34.6 Å². The number of allylic oxidation sites excluding steroid dienone is 3. The fourth-order valence-electron chi connectivity index (χ4n) is 3.14. The second-order valence-electron chi connectivity index (χ2n) is 7.81. The molecule has 0 fully saturated rings. The van der Waals surface area contributed by atoms with E-state index in [9.17, 15) is 8.78 Å². The summed E-state index contributed by atoms with van der Waals surface area (Å²) in [5.41, 5.74) is 6.63. The molecule has 0 bridgehead atoms. The lowest BCUT2D eigenvalue weighted by Gasteiger charge is -2.15. The molecule has 0 aliphatic carbocycles. The zero-order valence-corrected chi connectivity index (χ0v) is 19.7. The minimum Gasteiger partial charge on any atom is -0.356 e. The molecule has 0 atom stereocenters. The van der Waals surface area contributed by atoms with Crippen molar-refractivity contribution < 1.29 is 8.78 Å². The summed E-state index contributed by atoms with van der Waals surface area (Å²) in [5.74, 6) is -0.615. The average Bonchev–Trinajstić information content (AvgIpc) is 2.74. The summed E-state index contributed by atoms with van der Waals surface area (Å²) in [6.45, 7) is 19.2. The molecule has 1 N–H and O–H groups in total. The van der Waals surface area contributed by atoms with Crippen molar-refractivity contribution >= 4 is 22.7 Å². The minimum absolute atomic E-state index is 0.224. The van der Waals surface area contributed by atoms with Crippen LogP contribution in [-0.4, -0.2) is 10.7 Å². The molecule has 5 heteroatoms. The van der Waals surface area contributed by atoms with Gasteiger partial charge in [-0.15, -0.1) is 0 Å². The van der Waals surface area contributed by atoms with Crippen molar-refractivity contribution in [1.29, 1.82) is 0 Å². The molecule has 168 valence electrons. The molecule has 1 aromatic heterocycles. The molecular formula is C27H31F2N3. The van der Waals surface area contributed by atoms with Gasteiger partial charge < -0.3 is 5.32 Å². The Labute approximate surface area is 190 Å². The van der Waals surface area contributed by atoms with Crippen LogP contribution in [0.25, 0.3) is 11.3 Å². The molecule has 1 heterocycles. The molecule has 0 spiro atoms. The zero-order chi connectivity index (χ0) is 24.0. The van der Waals surface area contributed by atoms with Crippen LogP contribution in [-0.2, 0) is 0 Å². The van der Waals surface area contributed by atoms with Crippen molar-refractivity contribution in [2.45, 2.75) is 48.0 Å². The molecule has 1 aromatic carbocycles. The lowest BCUT2D eigenvalue weighted by Crippen LogP contribution is -2.10. The van der Waals surface area contributed by atoms with Crippen molar-refractivity contribution in [1.82, 2.24) is 10.3 Å². The van der Waals surface area contributed by atoms with Gasteiger partial charge in [-0.1, -0.05) is 26.2 Å². The quantitative estimate of drug-likeness (QED) is 0.340. The average molecular weight is 436 g/mol. The van der Waals surface area contributed by atoms with Gasteiger partial charge in [0.1, 0.15) is 17.3 Å². The number of hydrogen-bond donors (Lipinski definition) is 1. The van der Waals surface area contributed by atoms with Gasteiger partial charge in [-0.05, 0) is 82.0 Å². The van der Waals surface area contributed by atoms with Crippen molar-refractivity contribution in [3.8, 4) is 0 Å². The van der Waals surface area contributed by atoms with Gasteiger partial charge in [0, 0.05) is 40.1 Å². The Morgan fingerprint density at radius 2 is 1.84 bits per heavy atom. The third kappa shape index (κ3) is 6.10. The second kappa shape index (κ2) is 10.8. The summed E-state index contributed by atoms with van der Waals surface area (Å²) in [5, 5.41) is 3.12. The van der Waals surface area contributed by atoms with Crippen LogP contribution in [0, 0.1) is 19.7 Å². The smallest absolute Gasteiger partial charge is 0.149 e. The van der Waals surface area contributed by atoms with E-state index < -0.39 is 5.82 Å². The van der Waals surface area contributed by atoms with Crippen LogP contribution in [0.4, 0.5) is 14.5 Å². The van der Waals surface area contributed by atoms with Gasteiger partial charge in [0.25, 0.3) is 0 Å². The number of aryl methyl sites for hydroxylation is 2. The van der Waals surface area contributed by atoms with Gasteiger partial charge in [-0.3, -0.25) is 9.98 Å². The number of nitrogens with zero attached hydrogens (tertiary/aromatic N) is 2. The molecular weight excluding hydrogens is 404 g/mol. The Hall–Kier alpha value is -3.34. The lowest BCUT2D eigenvalue weighted by atomic mass is 9.95. The summed E-state index contributed by atoms with van der Waals surface area (Å²) in [6, 6.07) is 5.23. The van der Waals surface area contributed by atoms with Gasteiger partial charge >= 0.3 is 0 Å². The Morgan fingerprint density at radius 3 is 2.41 bits per heavy atom. The standard InChI is InChI=1S/C27H31F2N3/c1-9-23(28)14-24(10-2)32-19(7)22-12-25(20(8)30-15-22)18(6)21-11-17(5)27(26(29)13-21)31-16(3)4/h10-15,32H,6-7,9H2,1-5,8H3/b23-14+,24-10+. The highest BCUT2D eigenvalue weighted by atomic mass is 19.1. The number of rotatable bonds is 8. The van der Waals surface area contributed by atoms with Gasteiger partial charge in [0.15, 0.2) is 0 Å². The Kier molecular flexibility index (Phi) is 8.41. The molecule has 0 unspecified atom stereocenters. The van der Waals surface area contributed by atoms with Gasteiger partial charge in [0.05, 0.1) is 0 Å². The highest BCUT2D eigenvalue weighted by Gasteiger charge is 2.14. The van der Waals surface area contributed by atoms with Crippen LogP contribution in [0.5, 0.6) is 0 Å². The van der Waals surface area contributed by atoms with Crippen LogP contribution in [0.2, 0.25) is 0 Å². The largest absolute Gasteiger partial charge is 0.356 e. The second-order valence-corrected chi connectivity index (χ2v) is 7.81. The molecule has 0 radical (unpaired) electrons. The molecule has 3 nitrogen and oxygen atoms in total. The Bertz CT molecular complexity index is 1110. The van der Waals surface area contributed by atoms with E-state index >= 15 is 0 Å². The third-order valence-electron chi connectivity index (χ3n) is 4.95. The molecule has 0 aliphatic heterocycles. The minimum atomic E-state index is -0.391. The Balaban J connectivity index is 2.40. The van der Waals surface area contributed by atoms with E-state index in [1.165, 1.54) is 12.1 Å². The monoisotopic (exact) mass is 435 g/mol. The van der Waals surface area contributed by atoms with E-state index in [2.05, 4.69) is 28.5 Å². The van der Waals surface area contributed by atoms with Crippen LogP contribution in [0.3, 0.4) is 0 Å². The SMILES string of the molecule is C=C(NC(/C=C(/F)CC)=C/C)c1cnc(C)c(C(=C)c2cc(C)c(N=C(C)C)c(F)c2)c1. The predicted octanol–water partition coefficient (Wildman–Crippen LogP) is 7.74. The summed E-state index contributed by atoms with van der Waals surface area (Å²) >= 11 is 0. The molecule has 2 aromatic rings. The van der Waals surface area contributed by atoms with Crippen molar-refractivity contribution in [3.05, 3.63) is 95.0 Å². The Morgan fingerprint density at radius 1 is 1.16 bits per heavy atom. The van der Waals surface area contributed by atoms with Crippen molar-refractivity contribution in [3.63, 3.8) is 0 Å². The van der Waals surface area contributed by atoms with Crippen LogP contribution in [0.1, 0.15) is 62.1 Å². The fourth-order valence-corrected chi connectivity index (χ4v) is 3.14. The topological polar surface area (TPSA) is 37.3 Å². The maximum Gasteiger partial charge on any atom is 0.149 e. The first kappa shape index (κ1) is 24.9. The normalized spacial score (nSPS) is 11.9. The number of nitrogens with one attached hydrogen (secondary N) is 1. The molecule has 0 saturated carbocycles. The molecule has 32 heavy (non-hydrogen) atoms. The summed E-state index contributed by atoms with van der Waals surface area (Å²) < 4.78 is 28.4. The van der Waals surface area contributed by atoms with Gasteiger partial charge in [0.2, 0.25) is 0 Å². The zero-order valence-electron chi connectivity index (χ0n) is 19.7. The number of aromatic nitrogens is 1. The maximum absolute atomic E-state index is 14.7. The summed E-state index contributed by atoms with van der Waals surface area (Å²) in [4.78, 5) is 8.76. The van der Waals surface area contributed by atoms with Crippen LogP contribution in [0.15, 0.2) is 66.2 Å². The van der Waals surface area contributed by atoms with Gasteiger partial charge in [-0.2, -0.15) is 0 Å². The number of halogens is 2. The van der Waals surface area contributed by atoms with E-state index in [4.69, 9.17) is 0 Å². The number of hydrogen-bond acceptors (Lipinski definition) is 3. The van der Waals surface area contributed by atoms with Crippen molar-refractivity contribution in [2.24, 2.45) is 4.99 Å². The van der Waals surface area contributed by atoms with E-state index in [1.807, 2.05) is 46.8 Å². The fraction of sp³-hybridized carbons (Fsp3) is 0.259. The van der Waals surface area contributed by atoms with E-state index in [-0.39, 0.29) is 5.83 Å². The lowest BCUT2D eigenvalue weighted by molar-refractivity contribution is 0.602. The summed E-state index contributed by atoms with van der Waals surface area (Å²) in [6.07, 6.45) is 5.23. The third-order valence-corrected chi connectivity index (χ3v) is 4.95. The number of pyridine rings is 1. The molecule has 2 rings (SSSR count). The molecule has 0 aliphatic rings. The van der Waals surface area contributed by atoms with Crippen molar-refractivity contribution in [2.75, 3.05) is 0 Å². The predicted molar refractivity (Wildman–Crippen MR) is 132 cm³/mol. The van der Waals surface area contributed by atoms with E-state index in [0.717, 1.165) is 28.1 Å². The first-order valence-corrected chi connectivity index (χ1v) is 10.5.